The summed E-state index contributed by atoms with van der Waals surface area (Å²) in [5.41, 5.74) is 1.04. The van der Waals surface area contributed by atoms with Crippen LogP contribution in [-0.4, -0.2) is 41.5 Å². The molecule has 0 aliphatic carbocycles. The molecule has 0 bridgehead atoms. The van der Waals surface area contributed by atoms with Crippen molar-refractivity contribution in [2.45, 2.75) is 11.4 Å². The number of rotatable bonds is 6. The molecule has 2 rings (SSSR count). The van der Waals surface area contributed by atoms with E-state index < -0.39 is 10.8 Å². The minimum Gasteiger partial charge on any atom is -0.355 e. The Morgan fingerprint density at radius 2 is 1.80 bits per heavy atom. The average Bonchev–Trinajstić information content (AvgIpc) is 2.61. The number of nitrogens with one attached hydrogen (secondary N) is 1. The fourth-order valence-corrected chi connectivity index (χ4v) is 3.47. The Hall–Kier alpha value is -1.12. The van der Waals surface area contributed by atoms with E-state index in [9.17, 15) is 4.21 Å². The highest BCUT2D eigenvalue weighted by Crippen LogP contribution is 2.16. The average molecular weight is 492 g/mol. The van der Waals surface area contributed by atoms with E-state index in [1.165, 1.54) is 0 Å². The van der Waals surface area contributed by atoms with Gasteiger partial charge in [-0.1, -0.05) is 48.0 Å². The lowest BCUT2D eigenvalue weighted by Gasteiger charge is -2.22. The van der Waals surface area contributed by atoms with Crippen LogP contribution in [0.15, 0.2) is 64.5 Å². The Morgan fingerprint density at radius 1 is 1.16 bits per heavy atom. The van der Waals surface area contributed by atoms with Crippen molar-refractivity contribution in [2.24, 2.45) is 4.99 Å². The van der Waals surface area contributed by atoms with E-state index in [-0.39, 0.29) is 24.0 Å². The van der Waals surface area contributed by atoms with Gasteiger partial charge in [-0.25, -0.2) is 0 Å². The first-order chi connectivity index (χ1) is 11.6. The van der Waals surface area contributed by atoms with Crippen molar-refractivity contribution >= 4 is 52.3 Å². The maximum absolute atomic E-state index is 12.2. The zero-order chi connectivity index (χ0) is 17.4. The van der Waals surface area contributed by atoms with Gasteiger partial charge in [0.1, 0.15) is 0 Å². The lowest BCUT2D eigenvalue weighted by molar-refractivity contribution is 0.479. The molecule has 0 heterocycles. The summed E-state index contributed by atoms with van der Waals surface area (Å²) in [5, 5.41) is 3.99. The van der Waals surface area contributed by atoms with Gasteiger partial charge in [-0.15, -0.1) is 24.0 Å². The zero-order valence-electron chi connectivity index (χ0n) is 14.3. The first-order valence-corrected chi connectivity index (χ1v) is 9.40. The van der Waals surface area contributed by atoms with Crippen LogP contribution < -0.4 is 5.32 Å². The third-order valence-electron chi connectivity index (χ3n) is 3.52. The Kier molecular flexibility index (Phi) is 10.1. The van der Waals surface area contributed by atoms with Crippen molar-refractivity contribution in [2.75, 3.05) is 26.4 Å². The van der Waals surface area contributed by atoms with E-state index in [2.05, 4.69) is 10.3 Å². The molecule has 0 aliphatic rings. The predicted molar refractivity (Wildman–Crippen MR) is 117 cm³/mol. The van der Waals surface area contributed by atoms with Gasteiger partial charge in [-0.2, -0.15) is 0 Å². The predicted octanol–water partition coefficient (Wildman–Crippen LogP) is 3.77. The Balaban J connectivity index is 0.00000312. The van der Waals surface area contributed by atoms with Crippen molar-refractivity contribution in [3.05, 3.63) is 65.2 Å². The van der Waals surface area contributed by atoms with Crippen LogP contribution in [0.5, 0.6) is 0 Å². The van der Waals surface area contributed by atoms with Gasteiger partial charge in [0.05, 0.1) is 10.8 Å². The SMILES string of the molecule is CN=C(NCCS(=O)c1ccccc1)N(C)Cc1ccccc1Cl.I. The molecule has 0 aliphatic heterocycles. The smallest absolute Gasteiger partial charge is 0.193 e. The molecular weight excluding hydrogens is 469 g/mol. The summed E-state index contributed by atoms with van der Waals surface area (Å²) in [6.07, 6.45) is 0. The van der Waals surface area contributed by atoms with Gasteiger partial charge < -0.3 is 10.2 Å². The molecular formula is C18H23ClIN3OS. The second-order valence-electron chi connectivity index (χ2n) is 5.28. The highest BCUT2D eigenvalue weighted by atomic mass is 127. The molecule has 1 N–H and O–H groups in total. The van der Waals surface area contributed by atoms with Crippen LogP contribution in [0.25, 0.3) is 0 Å². The topological polar surface area (TPSA) is 44.7 Å². The fourth-order valence-electron chi connectivity index (χ4n) is 2.29. The number of halogens is 2. The number of hydrogen-bond donors (Lipinski definition) is 1. The molecule has 136 valence electrons. The first kappa shape index (κ1) is 21.9. The summed E-state index contributed by atoms with van der Waals surface area (Å²) in [7, 11) is 2.67. The van der Waals surface area contributed by atoms with Crippen molar-refractivity contribution < 1.29 is 4.21 Å². The number of nitrogens with zero attached hydrogens (tertiary/aromatic N) is 2. The molecule has 1 atom stereocenters. The van der Waals surface area contributed by atoms with Crippen LogP contribution in [0.1, 0.15) is 5.56 Å². The van der Waals surface area contributed by atoms with Gasteiger partial charge in [0.15, 0.2) is 5.96 Å². The van der Waals surface area contributed by atoms with Crippen molar-refractivity contribution in [1.82, 2.24) is 10.2 Å². The van der Waals surface area contributed by atoms with E-state index in [0.717, 1.165) is 21.4 Å². The monoisotopic (exact) mass is 491 g/mol. The molecule has 7 heteroatoms. The maximum Gasteiger partial charge on any atom is 0.193 e. The van der Waals surface area contributed by atoms with Gasteiger partial charge >= 0.3 is 0 Å². The molecule has 0 aromatic heterocycles. The van der Waals surface area contributed by atoms with E-state index in [4.69, 9.17) is 11.6 Å². The van der Waals surface area contributed by atoms with E-state index >= 15 is 0 Å². The van der Waals surface area contributed by atoms with Crippen LogP contribution in [0.3, 0.4) is 0 Å². The molecule has 2 aromatic carbocycles. The largest absolute Gasteiger partial charge is 0.355 e. The highest BCUT2D eigenvalue weighted by Gasteiger charge is 2.09. The molecule has 0 amide bonds. The maximum atomic E-state index is 12.2. The normalized spacial score (nSPS) is 12.2. The molecule has 4 nitrogen and oxygen atoms in total. The summed E-state index contributed by atoms with van der Waals surface area (Å²) >= 11 is 6.20. The molecule has 0 saturated carbocycles. The molecule has 0 radical (unpaired) electrons. The number of benzene rings is 2. The van der Waals surface area contributed by atoms with Crippen LogP contribution in [-0.2, 0) is 17.3 Å². The van der Waals surface area contributed by atoms with Gasteiger partial charge in [0.25, 0.3) is 0 Å². The van der Waals surface area contributed by atoms with Crippen LogP contribution in [0.4, 0.5) is 0 Å². The Labute approximate surface area is 174 Å². The summed E-state index contributed by atoms with van der Waals surface area (Å²) in [5.74, 6) is 1.28. The summed E-state index contributed by atoms with van der Waals surface area (Å²) in [6.45, 7) is 1.24. The Bertz CT molecular complexity index is 712. The van der Waals surface area contributed by atoms with E-state index in [0.29, 0.717) is 18.8 Å². The fraction of sp³-hybridized carbons (Fsp3) is 0.278. The Morgan fingerprint density at radius 3 is 2.44 bits per heavy atom. The second kappa shape index (κ2) is 11.5. The zero-order valence-corrected chi connectivity index (χ0v) is 18.2. The standard InChI is InChI=1S/C18H22ClN3OS.HI/c1-20-18(22(2)14-15-8-6-7-11-17(15)19)21-12-13-24(23)16-9-4-3-5-10-16;/h3-11H,12-14H2,1-2H3,(H,20,21);1H. The quantitative estimate of drug-likeness (QED) is 0.380. The summed E-state index contributed by atoms with van der Waals surface area (Å²) in [6, 6.07) is 17.2. The first-order valence-electron chi connectivity index (χ1n) is 7.70. The molecule has 0 spiro atoms. The summed E-state index contributed by atoms with van der Waals surface area (Å²) in [4.78, 5) is 7.11. The third kappa shape index (κ3) is 6.95. The van der Waals surface area contributed by atoms with Gasteiger partial charge in [-0.05, 0) is 23.8 Å². The summed E-state index contributed by atoms with van der Waals surface area (Å²) < 4.78 is 12.2. The molecule has 0 saturated heterocycles. The minimum absolute atomic E-state index is 0. The van der Waals surface area contributed by atoms with Crippen molar-refractivity contribution in [1.29, 1.82) is 0 Å². The lowest BCUT2D eigenvalue weighted by Crippen LogP contribution is -2.40. The number of aliphatic imine (C=N–C) groups is 1. The van der Waals surface area contributed by atoms with Crippen LogP contribution >= 0.6 is 35.6 Å². The molecule has 25 heavy (non-hydrogen) atoms. The molecule has 1 unspecified atom stereocenters. The van der Waals surface area contributed by atoms with Crippen molar-refractivity contribution in [3.63, 3.8) is 0 Å². The number of guanidine groups is 1. The van der Waals surface area contributed by atoms with Gasteiger partial charge in [-0.3, -0.25) is 9.20 Å². The van der Waals surface area contributed by atoms with E-state index in [1.807, 2.05) is 66.5 Å². The van der Waals surface area contributed by atoms with Crippen LogP contribution in [0.2, 0.25) is 5.02 Å². The van der Waals surface area contributed by atoms with E-state index in [1.54, 1.807) is 7.05 Å². The van der Waals surface area contributed by atoms with Gasteiger partial charge in [0.2, 0.25) is 0 Å². The van der Waals surface area contributed by atoms with Crippen molar-refractivity contribution in [3.8, 4) is 0 Å². The number of hydrogen-bond acceptors (Lipinski definition) is 2. The minimum atomic E-state index is -1.01. The van der Waals surface area contributed by atoms with Gasteiger partial charge in [0, 0.05) is 42.9 Å². The third-order valence-corrected chi connectivity index (χ3v) is 5.26. The molecule has 2 aromatic rings. The lowest BCUT2D eigenvalue weighted by atomic mass is 10.2. The molecule has 0 fully saturated rings. The highest BCUT2D eigenvalue weighted by molar-refractivity contribution is 14.0. The second-order valence-corrected chi connectivity index (χ2v) is 7.26. The van der Waals surface area contributed by atoms with Crippen LogP contribution in [0, 0.1) is 0 Å².